The molecular weight excluding hydrogens is 370 g/mol. The zero-order valence-corrected chi connectivity index (χ0v) is 15.8. The summed E-state index contributed by atoms with van der Waals surface area (Å²) in [7, 11) is 0. The van der Waals surface area contributed by atoms with Crippen LogP contribution >= 0.6 is 0 Å². The number of carbonyl (C=O) groups is 1. The maximum Gasteiger partial charge on any atom is 0.419 e. The van der Waals surface area contributed by atoms with Crippen molar-refractivity contribution in [3.63, 3.8) is 0 Å². The first-order valence-corrected chi connectivity index (χ1v) is 9.46. The molecule has 4 aromatic rings. The number of aromatic nitrogens is 4. The van der Waals surface area contributed by atoms with Crippen molar-refractivity contribution in [2.24, 2.45) is 0 Å². The normalized spacial score (nSPS) is 12.1. The second kappa shape index (κ2) is 8.55. The molecule has 4 rings (SSSR count). The van der Waals surface area contributed by atoms with Crippen molar-refractivity contribution in [3.8, 4) is 0 Å². The molecular formula is C21H21N5O3. The Morgan fingerprint density at radius 3 is 2.69 bits per heavy atom. The van der Waals surface area contributed by atoms with Gasteiger partial charge in [-0.15, -0.1) is 0 Å². The molecule has 2 aromatic heterocycles. The largest absolute Gasteiger partial charge is 0.419 e. The molecule has 8 heteroatoms. The van der Waals surface area contributed by atoms with E-state index in [0.29, 0.717) is 31.5 Å². The van der Waals surface area contributed by atoms with Crippen LogP contribution in [0.15, 0.2) is 76.5 Å². The first-order valence-electron chi connectivity index (χ1n) is 9.46. The third kappa shape index (κ3) is 4.43. The summed E-state index contributed by atoms with van der Waals surface area (Å²) in [5.41, 5.74) is 2.29. The molecule has 1 unspecified atom stereocenters. The molecule has 0 aliphatic carbocycles. The van der Waals surface area contributed by atoms with E-state index in [-0.39, 0.29) is 11.9 Å². The van der Waals surface area contributed by atoms with Crippen LogP contribution in [0.5, 0.6) is 0 Å². The number of para-hydroxylation sites is 2. The van der Waals surface area contributed by atoms with Gasteiger partial charge in [0.05, 0.1) is 18.1 Å². The van der Waals surface area contributed by atoms with Crippen molar-refractivity contribution in [1.29, 1.82) is 0 Å². The highest BCUT2D eigenvalue weighted by atomic mass is 16.4. The Bertz CT molecular complexity index is 1130. The molecule has 2 aromatic carbocycles. The number of oxazole rings is 1. The molecule has 0 saturated carbocycles. The van der Waals surface area contributed by atoms with Crippen LogP contribution in [0.4, 0.5) is 0 Å². The summed E-state index contributed by atoms with van der Waals surface area (Å²) in [4.78, 5) is 28.6. The molecule has 0 spiro atoms. The van der Waals surface area contributed by atoms with Crippen LogP contribution in [0.25, 0.3) is 11.1 Å². The SMILES string of the molecule is O=C(CCCn1c(=O)oc2ccccc21)NC(Cn1cncn1)c1ccccc1. The molecule has 148 valence electrons. The predicted octanol–water partition coefficient (Wildman–Crippen LogP) is 2.52. The summed E-state index contributed by atoms with van der Waals surface area (Å²) >= 11 is 0. The van der Waals surface area contributed by atoms with Gasteiger partial charge in [-0.2, -0.15) is 5.10 Å². The van der Waals surface area contributed by atoms with Crippen molar-refractivity contribution < 1.29 is 9.21 Å². The third-order valence-corrected chi connectivity index (χ3v) is 4.73. The number of nitrogens with zero attached hydrogens (tertiary/aromatic N) is 4. The van der Waals surface area contributed by atoms with Gasteiger partial charge in [-0.25, -0.2) is 9.78 Å². The van der Waals surface area contributed by atoms with E-state index in [1.807, 2.05) is 48.5 Å². The average Bonchev–Trinajstić information content (AvgIpc) is 3.36. The van der Waals surface area contributed by atoms with Crippen LogP contribution in [0.2, 0.25) is 0 Å². The molecule has 1 N–H and O–H groups in total. The van der Waals surface area contributed by atoms with Gasteiger partial charge in [0.15, 0.2) is 5.58 Å². The van der Waals surface area contributed by atoms with Gasteiger partial charge in [0.1, 0.15) is 12.7 Å². The Balaban J connectivity index is 1.39. The summed E-state index contributed by atoms with van der Waals surface area (Å²) in [6.07, 6.45) is 3.92. The minimum absolute atomic E-state index is 0.0835. The van der Waals surface area contributed by atoms with Gasteiger partial charge in [0.25, 0.3) is 0 Å². The Morgan fingerprint density at radius 1 is 1.10 bits per heavy atom. The van der Waals surface area contributed by atoms with E-state index in [9.17, 15) is 9.59 Å². The number of fused-ring (bicyclic) bond motifs is 1. The van der Waals surface area contributed by atoms with Crippen LogP contribution < -0.4 is 11.1 Å². The number of benzene rings is 2. The number of aryl methyl sites for hydroxylation is 1. The number of amides is 1. The Morgan fingerprint density at radius 2 is 1.90 bits per heavy atom. The highest BCUT2D eigenvalue weighted by molar-refractivity contribution is 5.76. The van der Waals surface area contributed by atoms with Gasteiger partial charge in [0, 0.05) is 13.0 Å². The van der Waals surface area contributed by atoms with E-state index in [0.717, 1.165) is 11.1 Å². The molecule has 29 heavy (non-hydrogen) atoms. The van der Waals surface area contributed by atoms with E-state index in [1.165, 1.54) is 6.33 Å². The van der Waals surface area contributed by atoms with E-state index < -0.39 is 5.76 Å². The lowest BCUT2D eigenvalue weighted by molar-refractivity contribution is -0.122. The molecule has 0 aliphatic heterocycles. The summed E-state index contributed by atoms with van der Waals surface area (Å²) < 4.78 is 8.48. The van der Waals surface area contributed by atoms with E-state index in [1.54, 1.807) is 21.6 Å². The quantitative estimate of drug-likeness (QED) is 0.498. The molecule has 0 aliphatic rings. The lowest BCUT2D eigenvalue weighted by Crippen LogP contribution is -2.31. The maximum atomic E-state index is 12.6. The molecule has 8 nitrogen and oxygen atoms in total. The number of hydrogen-bond donors (Lipinski definition) is 1. The fourth-order valence-electron chi connectivity index (χ4n) is 3.32. The Hall–Kier alpha value is -3.68. The summed E-state index contributed by atoms with van der Waals surface area (Å²) in [5, 5.41) is 7.19. The van der Waals surface area contributed by atoms with Crippen LogP contribution in [-0.4, -0.2) is 25.2 Å². The molecule has 0 bridgehead atoms. The summed E-state index contributed by atoms with van der Waals surface area (Å²) in [6.45, 7) is 0.907. The average molecular weight is 391 g/mol. The number of rotatable bonds is 8. The van der Waals surface area contributed by atoms with Crippen molar-refractivity contribution in [2.45, 2.75) is 32.0 Å². The molecule has 0 radical (unpaired) electrons. The van der Waals surface area contributed by atoms with Gasteiger partial charge in [-0.1, -0.05) is 42.5 Å². The summed E-state index contributed by atoms with van der Waals surface area (Å²) in [5.74, 6) is -0.486. The maximum absolute atomic E-state index is 12.6. The monoisotopic (exact) mass is 391 g/mol. The van der Waals surface area contributed by atoms with Crippen molar-refractivity contribution in [2.75, 3.05) is 0 Å². The van der Waals surface area contributed by atoms with Gasteiger partial charge < -0.3 is 9.73 Å². The second-order valence-corrected chi connectivity index (χ2v) is 6.74. The van der Waals surface area contributed by atoms with Gasteiger partial charge >= 0.3 is 5.76 Å². The first-order chi connectivity index (χ1) is 14.2. The smallest absolute Gasteiger partial charge is 0.408 e. The molecule has 1 atom stereocenters. The molecule has 0 fully saturated rings. The van der Waals surface area contributed by atoms with Crippen molar-refractivity contribution in [1.82, 2.24) is 24.6 Å². The summed E-state index contributed by atoms with van der Waals surface area (Å²) in [6, 6.07) is 16.8. The number of hydrogen-bond acceptors (Lipinski definition) is 5. The second-order valence-electron chi connectivity index (χ2n) is 6.74. The van der Waals surface area contributed by atoms with Crippen LogP contribution in [-0.2, 0) is 17.9 Å². The van der Waals surface area contributed by atoms with E-state index in [2.05, 4.69) is 15.4 Å². The van der Waals surface area contributed by atoms with Crippen molar-refractivity contribution >= 4 is 17.0 Å². The standard InChI is InChI=1S/C21H21N5O3/c27-20(11-6-12-26-18-9-4-5-10-19(18)29-21(26)28)24-17(13-25-15-22-14-23-25)16-7-2-1-3-8-16/h1-5,7-10,14-15,17H,6,11-13H2,(H,24,27). The highest BCUT2D eigenvalue weighted by Gasteiger charge is 2.16. The number of nitrogens with one attached hydrogen (secondary N) is 1. The lowest BCUT2D eigenvalue weighted by atomic mass is 10.1. The van der Waals surface area contributed by atoms with Crippen LogP contribution in [0, 0.1) is 0 Å². The van der Waals surface area contributed by atoms with Crippen LogP contribution in [0.1, 0.15) is 24.4 Å². The van der Waals surface area contributed by atoms with E-state index >= 15 is 0 Å². The zero-order valence-electron chi connectivity index (χ0n) is 15.8. The minimum Gasteiger partial charge on any atom is -0.408 e. The first kappa shape index (κ1) is 18.7. The zero-order chi connectivity index (χ0) is 20.1. The van der Waals surface area contributed by atoms with Crippen molar-refractivity contribution in [3.05, 3.63) is 83.4 Å². The lowest BCUT2D eigenvalue weighted by Gasteiger charge is -2.19. The van der Waals surface area contributed by atoms with Gasteiger partial charge in [-0.05, 0) is 24.1 Å². The topological polar surface area (TPSA) is 94.9 Å². The van der Waals surface area contributed by atoms with Crippen LogP contribution in [0.3, 0.4) is 0 Å². The van der Waals surface area contributed by atoms with Gasteiger partial charge in [0.2, 0.25) is 5.91 Å². The highest BCUT2D eigenvalue weighted by Crippen LogP contribution is 2.16. The van der Waals surface area contributed by atoms with Gasteiger partial charge in [-0.3, -0.25) is 14.0 Å². The third-order valence-electron chi connectivity index (χ3n) is 4.73. The van der Waals surface area contributed by atoms with E-state index in [4.69, 9.17) is 4.42 Å². The molecule has 2 heterocycles. The minimum atomic E-state index is -0.403. The number of carbonyl (C=O) groups excluding carboxylic acids is 1. The molecule has 0 saturated heterocycles. The fourth-order valence-corrected chi connectivity index (χ4v) is 3.32. The fraction of sp³-hybridized carbons (Fsp3) is 0.238. The molecule has 1 amide bonds. The Kier molecular flexibility index (Phi) is 5.51. The predicted molar refractivity (Wildman–Crippen MR) is 107 cm³/mol. The Labute approximate surface area is 166 Å².